The van der Waals surface area contributed by atoms with E-state index in [1.54, 1.807) is 24.5 Å². The Labute approximate surface area is 172 Å². The number of carbonyl (C=O) groups excluding carboxylic acids is 1. The van der Waals surface area contributed by atoms with E-state index < -0.39 is 20.5 Å². The highest BCUT2D eigenvalue weighted by Crippen LogP contribution is 2.37. The second-order valence-corrected chi connectivity index (χ2v) is 9.46. The monoisotopic (exact) mass is 419 g/mol. The summed E-state index contributed by atoms with van der Waals surface area (Å²) < 4.78 is 30.8. The van der Waals surface area contributed by atoms with Crippen LogP contribution in [0, 0.1) is 0 Å². The van der Waals surface area contributed by atoms with Gasteiger partial charge in [-0.15, -0.1) is 0 Å². The van der Waals surface area contributed by atoms with Gasteiger partial charge in [0.1, 0.15) is 5.75 Å². The van der Waals surface area contributed by atoms with Gasteiger partial charge < -0.3 is 4.74 Å². The molecule has 2 rings (SSSR count). The molecule has 0 radical (unpaired) electrons. The SMILES string of the molecule is CCC(CCCCc1ccccc1)(CC(=O)NO)S(=O)(=O)c1ccc(OC)cc1. The quantitative estimate of drug-likeness (QED) is 0.327. The number of ether oxygens (including phenoxy) is 1. The van der Waals surface area contributed by atoms with Gasteiger partial charge in [0.15, 0.2) is 9.84 Å². The Bertz CT molecular complexity index is 881. The first-order chi connectivity index (χ1) is 13.9. The van der Waals surface area contributed by atoms with Crippen molar-refractivity contribution in [3.05, 3.63) is 60.2 Å². The van der Waals surface area contributed by atoms with Crippen molar-refractivity contribution in [1.29, 1.82) is 0 Å². The second-order valence-electron chi connectivity index (χ2n) is 7.12. The number of aryl methyl sites for hydroxylation is 1. The van der Waals surface area contributed by atoms with E-state index in [0.29, 0.717) is 18.6 Å². The Hall–Kier alpha value is -2.38. The third-order valence-electron chi connectivity index (χ3n) is 5.38. The van der Waals surface area contributed by atoms with Gasteiger partial charge in [0.25, 0.3) is 0 Å². The molecule has 0 saturated carbocycles. The van der Waals surface area contributed by atoms with Crippen molar-refractivity contribution in [2.45, 2.75) is 55.1 Å². The summed E-state index contributed by atoms with van der Waals surface area (Å²) >= 11 is 0. The maximum atomic E-state index is 13.5. The summed E-state index contributed by atoms with van der Waals surface area (Å²) in [5, 5.41) is 9.01. The van der Waals surface area contributed by atoms with E-state index in [2.05, 4.69) is 0 Å². The Morgan fingerprint density at radius 2 is 1.72 bits per heavy atom. The minimum absolute atomic E-state index is 0.147. The fraction of sp³-hybridized carbons (Fsp3) is 0.409. The predicted molar refractivity (Wildman–Crippen MR) is 112 cm³/mol. The first kappa shape index (κ1) is 22.9. The number of hydroxylamine groups is 1. The van der Waals surface area contributed by atoms with Crippen LogP contribution in [0.3, 0.4) is 0 Å². The summed E-state index contributed by atoms with van der Waals surface area (Å²) in [7, 11) is -2.30. The smallest absolute Gasteiger partial charge is 0.244 e. The van der Waals surface area contributed by atoms with Crippen LogP contribution in [0.4, 0.5) is 0 Å². The molecule has 0 heterocycles. The zero-order valence-electron chi connectivity index (χ0n) is 16.9. The Balaban J connectivity index is 2.24. The van der Waals surface area contributed by atoms with Crippen LogP contribution in [0.25, 0.3) is 0 Å². The van der Waals surface area contributed by atoms with Crippen molar-refractivity contribution in [1.82, 2.24) is 5.48 Å². The van der Waals surface area contributed by atoms with E-state index in [0.717, 1.165) is 12.8 Å². The average molecular weight is 420 g/mol. The van der Waals surface area contributed by atoms with Gasteiger partial charge in [-0.2, -0.15) is 0 Å². The largest absolute Gasteiger partial charge is 0.497 e. The van der Waals surface area contributed by atoms with E-state index in [4.69, 9.17) is 9.94 Å². The summed E-state index contributed by atoms with van der Waals surface area (Å²) in [5.74, 6) is -0.144. The number of hydrogen-bond donors (Lipinski definition) is 2. The van der Waals surface area contributed by atoms with E-state index in [1.165, 1.54) is 24.8 Å². The molecular weight excluding hydrogens is 390 g/mol. The number of carbonyl (C=O) groups is 1. The summed E-state index contributed by atoms with van der Waals surface area (Å²) in [4.78, 5) is 12.1. The van der Waals surface area contributed by atoms with Crippen molar-refractivity contribution >= 4 is 15.7 Å². The molecule has 0 saturated heterocycles. The highest BCUT2D eigenvalue weighted by Gasteiger charge is 2.44. The molecule has 0 aliphatic rings. The van der Waals surface area contributed by atoms with Gasteiger partial charge in [-0.3, -0.25) is 10.0 Å². The van der Waals surface area contributed by atoms with Gasteiger partial charge in [0.05, 0.1) is 16.8 Å². The number of unbranched alkanes of at least 4 members (excludes halogenated alkanes) is 1. The Morgan fingerprint density at radius 3 is 2.28 bits per heavy atom. The fourth-order valence-corrected chi connectivity index (χ4v) is 5.68. The number of benzene rings is 2. The molecule has 1 amide bonds. The van der Waals surface area contributed by atoms with Gasteiger partial charge in [0.2, 0.25) is 5.91 Å². The number of hydrogen-bond acceptors (Lipinski definition) is 5. The van der Waals surface area contributed by atoms with Crippen LogP contribution in [0.2, 0.25) is 0 Å². The number of amides is 1. The zero-order valence-corrected chi connectivity index (χ0v) is 17.7. The molecule has 2 N–H and O–H groups in total. The van der Waals surface area contributed by atoms with Crippen LogP contribution in [0.1, 0.15) is 44.6 Å². The first-order valence-electron chi connectivity index (χ1n) is 9.74. The van der Waals surface area contributed by atoms with Crippen molar-refractivity contribution in [3.63, 3.8) is 0 Å². The summed E-state index contributed by atoms with van der Waals surface area (Å²) in [6.07, 6.45) is 2.61. The molecule has 29 heavy (non-hydrogen) atoms. The molecule has 6 nitrogen and oxygen atoms in total. The van der Waals surface area contributed by atoms with Crippen LogP contribution < -0.4 is 10.2 Å². The topological polar surface area (TPSA) is 92.7 Å². The minimum atomic E-state index is -3.82. The third kappa shape index (κ3) is 5.58. The molecular formula is C22H29NO5S. The van der Waals surface area contributed by atoms with Crippen LogP contribution >= 0.6 is 0 Å². The summed E-state index contributed by atoms with van der Waals surface area (Å²) in [6.45, 7) is 1.77. The normalized spacial score (nSPS) is 13.5. The lowest BCUT2D eigenvalue weighted by Gasteiger charge is -2.32. The van der Waals surface area contributed by atoms with Gasteiger partial charge in [0, 0.05) is 6.42 Å². The van der Waals surface area contributed by atoms with Gasteiger partial charge in [-0.05, 0) is 55.5 Å². The lowest BCUT2D eigenvalue weighted by atomic mass is 9.93. The highest BCUT2D eigenvalue weighted by atomic mass is 32.2. The second kappa shape index (κ2) is 10.4. The molecule has 7 heteroatoms. The lowest BCUT2D eigenvalue weighted by molar-refractivity contribution is -0.129. The van der Waals surface area contributed by atoms with Crippen LogP contribution in [-0.4, -0.2) is 31.4 Å². The first-order valence-corrected chi connectivity index (χ1v) is 11.2. The molecule has 0 aromatic heterocycles. The third-order valence-corrected chi connectivity index (χ3v) is 8.05. The van der Waals surface area contributed by atoms with Gasteiger partial charge >= 0.3 is 0 Å². The summed E-state index contributed by atoms with van der Waals surface area (Å²) in [5.41, 5.74) is 2.78. The van der Waals surface area contributed by atoms with Crippen LogP contribution in [0.15, 0.2) is 59.5 Å². The average Bonchev–Trinajstić information content (AvgIpc) is 2.76. The zero-order chi connectivity index (χ0) is 21.3. The van der Waals surface area contributed by atoms with Gasteiger partial charge in [-0.25, -0.2) is 13.9 Å². The van der Waals surface area contributed by atoms with E-state index in [-0.39, 0.29) is 17.7 Å². The molecule has 0 aliphatic carbocycles. The Kier molecular flexibility index (Phi) is 8.22. The number of sulfone groups is 1. The maximum absolute atomic E-state index is 13.5. The molecule has 0 aliphatic heterocycles. The van der Waals surface area contributed by atoms with Gasteiger partial charge in [-0.1, -0.05) is 43.7 Å². The molecule has 158 valence electrons. The highest BCUT2D eigenvalue weighted by molar-refractivity contribution is 7.92. The fourth-order valence-electron chi connectivity index (χ4n) is 3.57. The van der Waals surface area contributed by atoms with E-state index in [1.807, 2.05) is 30.3 Å². The molecule has 2 aromatic rings. The maximum Gasteiger partial charge on any atom is 0.244 e. The molecule has 1 unspecified atom stereocenters. The standard InChI is InChI=1S/C22H29NO5S/c1-3-22(17-21(24)23-25,16-8-7-11-18-9-5-4-6-10-18)29(26,27)20-14-12-19(28-2)13-15-20/h4-6,9-10,12-15,25H,3,7-8,11,16-17H2,1-2H3,(H,23,24). The van der Waals surface area contributed by atoms with E-state index in [9.17, 15) is 13.2 Å². The molecule has 0 bridgehead atoms. The predicted octanol–water partition coefficient (Wildman–Crippen LogP) is 3.93. The van der Waals surface area contributed by atoms with Crippen molar-refractivity contribution in [3.8, 4) is 5.75 Å². The van der Waals surface area contributed by atoms with E-state index >= 15 is 0 Å². The molecule has 1 atom stereocenters. The number of nitrogens with one attached hydrogen (secondary N) is 1. The van der Waals surface area contributed by atoms with Crippen LogP contribution in [0.5, 0.6) is 5.75 Å². The Morgan fingerprint density at radius 1 is 1.07 bits per heavy atom. The molecule has 0 fully saturated rings. The number of rotatable bonds is 11. The lowest BCUT2D eigenvalue weighted by Crippen LogP contribution is -2.42. The molecule has 2 aromatic carbocycles. The number of methoxy groups -OCH3 is 1. The summed E-state index contributed by atoms with van der Waals surface area (Å²) in [6, 6.07) is 16.2. The van der Waals surface area contributed by atoms with Crippen LogP contribution in [-0.2, 0) is 21.1 Å². The molecule has 0 spiro atoms. The van der Waals surface area contributed by atoms with Crippen molar-refractivity contribution < 1.29 is 23.2 Å². The minimum Gasteiger partial charge on any atom is -0.497 e. The van der Waals surface area contributed by atoms with Crippen molar-refractivity contribution in [2.75, 3.05) is 7.11 Å². The van der Waals surface area contributed by atoms with Crippen molar-refractivity contribution in [2.24, 2.45) is 0 Å².